The first-order valence-corrected chi connectivity index (χ1v) is 10.1. The van der Waals surface area contributed by atoms with Crippen LogP contribution in [-0.2, 0) is 4.74 Å². The molecule has 0 aliphatic carbocycles. The first-order valence-electron chi connectivity index (χ1n) is 10.1. The van der Waals surface area contributed by atoms with Crippen LogP contribution in [0.3, 0.4) is 0 Å². The third-order valence-electron chi connectivity index (χ3n) is 6.02. The molecule has 264 valence electrons. The third-order valence-corrected chi connectivity index (χ3v) is 6.02. The van der Waals surface area contributed by atoms with E-state index in [-0.39, 0.29) is 0 Å². The lowest BCUT2D eigenvalue weighted by atomic mass is 9.82. The van der Waals surface area contributed by atoms with Gasteiger partial charge in [-0.2, -0.15) is 110 Å². The fraction of sp³-hybridized carbons (Fsp3) is 1.00. The van der Waals surface area contributed by atoms with E-state index in [1.54, 1.807) is 0 Å². The lowest BCUT2D eigenvalue weighted by Crippen LogP contribution is -2.79. The summed E-state index contributed by atoms with van der Waals surface area (Å²) in [5.41, 5.74) is -7.22. The van der Waals surface area contributed by atoms with E-state index in [9.17, 15) is 114 Å². The van der Waals surface area contributed by atoms with Crippen LogP contribution in [0.4, 0.5) is 114 Å². The smallest absolute Gasteiger partial charge is 0.373 e. The Labute approximate surface area is 223 Å². The van der Waals surface area contributed by atoms with Crippen LogP contribution in [-0.4, -0.2) is 89.7 Å². The van der Waals surface area contributed by atoms with Crippen molar-refractivity contribution in [3.05, 3.63) is 0 Å². The summed E-state index contributed by atoms with van der Waals surface area (Å²) in [6.07, 6.45) is -12.6. The summed E-state index contributed by atoms with van der Waals surface area (Å²) in [5.74, 6) is -98.1. The van der Waals surface area contributed by atoms with Gasteiger partial charge in [0.15, 0.2) is 0 Å². The molecule has 27 heteroatoms. The average Bonchev–Trinajstić information content (AvgIpc) is 3.60. The van der Waals surface area contributed by atoms with Gasteiger partial charge < -0.3 is 4.74 Å². The zero-order valence-electron chi connectivity index (χ0n) is 19.7. The molecule has 0 radical (unpaired) electrons. The van der Waals surface area contributed by atoms with Crippen molar-refractivity contribution in [2.45, 2.75) is 96.4 Å². The largest absolute Gasteiger partial charge is 0.428 e. The molecular weight excluding hydrogens is 714 g/mol. The van der Waals surface area contributed by atoms with Gasteiger partial charge in [-0.05, 0) is 6.92 Å². The second-order valence-electron chi connectivity index (χ2n) is 9.11. The second-order valence-corrected chi connectivity index (χ2v) is 9.11. The summed E-state index contributed by atoms with van der Waals surface area (Å²) in [5, 5.41) is 0. The zero-order valence-corrected chi connectivity index (χ0v) is 19.7. The summed E-state index contributed by atoms with van der Waals surface area (Å²) >= 11 is 0. The third kappa shape index (κ3) is 4.72. The predicted octanol–water partition coefficient (Wildman–Crippen LogP) is 9.05. The maximum atomic E-state index is 13.8. The van der Waals surface area contributed by atoms with Gasteiger partial charge in [-0.25, -0.2) is 4.39 Å². The van der Waals surface area contributed by atoms with E-state index in [1.807, 2.05) is 0 Å². The Bertz CT molecular complexity index is 1060. The van der Waals surface area contributed by atoms with E-state index in [1.165, 1.54) is 0 Å². The molecule has 0 aromatic carbocycles. The van der Waals surface area contributed by atoms with Crippen molar-refractivity contribution in [2.24, 2.45) is 0 Å². The SMILES string of the molecule is CC(F)(C(F)(F)F)C(F)(F)C(F)(F)C(F)(F)C(F)(F)C(F)(F)C(F)(F)C(F)(F)C(F)(F)C(F)(F)C(F)(F)C(F)(F)CC1CO1. The van der Waals surface area contributed by atoms with Gasteiger partial charge in [-0.15, -0.1) is 0 Å². The molecule has 2 unspecified atom stereocenters. The van der Waals surface area contributed by atoms with Crippen LogP contribution in [0.25, 0.3) is 0 Å². The van der Waals surface area contributed by atoms with E-state index in [0.717, 1.165) is 0 Å². The van der Waals surface area contributed by atoms with Crippen LogP contribution in [0.1, 0.15) is 13.3 Å². The molecular formula is C17H8F26O. The van der Waals surface area contributed by atoms with E-state index in [4.69, 9.17) is 0 Å². The fourth-order valence-corrected chi connectivity index (χ4v) is 2.88. The minimum atomic E-state index is -9.63. The molecule has 0 aromatic rings. The number of hydrogen-bond acceptors (Lipinski definition) is 1. The summed E-state index contributed by atoms with van der Waals surface area (Å²) < 4.78 is 355. The van der Waals surface area contributed by atoms with Crippen molar-refractivity contribution in [2.75, 3.05) is 6.61 Å². The van der Waals surface area contributed by atoms with Gasteiger partial charge >= 0.3 is 71.3 Å². The average molecular weight is 722 g/mol. The molecule has 0 N–H and O–H groups in total. The Hall–Kier alpha value is -1.86. The van der Waals surface area contributed by atoms with Crippen molar-refractivity contribution in [3.63, 3.8) is 0 Å². The lowest BCUT2D eigenvalue weighted by Gasteiger charge is -2.46. The Kier molecular flexibility index (Phi) is 8.97. The van der Waals surface area contributed by atoms with Crippen LogP contribution in [0.5, 0.6) is 0 Å². The topological polar surface area (TPSA) is 12.5 Å². The Morgan fingerprint density at radius 3 is 0.795 bits per heavy atom. The fourth-order valence-electron chi connectivity index (χ4n) is 2.88. The number of halogens is 26. The predicted molar refractivity (Wildman–Crippen MR) is 84.3 cm³/mol. The second kappa shape index (κ2) is 9.82. The molecule has 1 rings (SSSR count). The molecule has 1 saturated heterocycles. The Morgan fingerprint density at radius 1 is 0.386 bits per heavy atom. The number of rotatable bonds is 13. The monoisotopic (exact) mass is 722 g/mol. The van der Waals surface area contributed by atoms with Crippen LogP contribution < -0.4 is 0 Å². The first-order chi connectivity index (χ1) is 18.6. The van der Waals surface area contributed by atoms with Crippen molar-refractivity contribution < 1.29 is 119 Å². The highest BCUT2D eigenvalue weighted by molar-refractivity contribution is 5.21. The molecule has 2 atom stereocenters. The highest BCUT2D eigenvalue weighted by atomic mass is 19.4. The standard InChI is InChI=1S/C17H8F26O/c1-5(18,17(41,42)43)7(21,22)9(25,26)11(29,30)13(33,34)15(37,38)16(39,40)14(35,36)12(31,32)10(27,28)8(23,24)6(19,20)2-4-3-44-4/h4H,2-3H2,1H3. The highest BCUT2D eigenvalue weighted by Gasteiger charge is 2.99. The molecule has 0 amide bonds. The molecule has 0 aromatic heterocycles. The Balaban J connectivity index is 3.86. The van der Waals surface area contributed by atoms with E-state index in [2.05, 4.69) is 4.74 Å². The molecule has 1 nitrogen and oxygen atoms in total. The molecule has 1 fully saturated rings. The van der Waals surface area contributed by atoms with Crippen LogP contribution in [0, 0.1) is 0 Å². The summed E-state index contributed by atoms with van der Waals surface area (Å²) in [6.45, 7) is -2.89. The summed E-state index contributed by atoms with van der Waals surface area (Å²) in [4.78, 5) is 0. The van der Waals surface area contributed by atoms with Gasteiger partial charge in [0.25, 0.3) is 5.67 Å². The molecule has 0 bridgehead atoms. The minimum Gasteiger partial charge on any atom is -0.373 e. The normalized spacial score (nSPS) is 20.9. The molecule has 44 heavy (non-hydrogen) atoms. The van der Waals surface area contributed by atoms with Gasteiger partial charge in [0.1, 0.15) is 0 Å². The van der Waals surface area contributed by atoms with E-state index in [0.29, 0.717) is 0 Å². The quantitative estimate of drug-likeness (QED) is 0.137. The van der Waals surface area contributed by atoms with Crippen molar-refractivity contribution >= 4 is 0 Å². The molecule has 1 aliphatic rings. The van der Waals surface area contributed by atoms with Crippen molar-refractivity contribution in [3.8, 4) is 0 Å². The summed E-state index contributed by atoms with van der Waals surface area (Å²) in [6, 6.07) is 0. The van der Waals surface area contributed by atoms with Gasteiger partial charge in [0, 0.05) is 6.42 Å². The van der Waals surface area contributed by atoms with Crippen molar-refractivity contribution in [1.29, 1.82) is 0 Å². The van der Waals surface area contributed by atoms with Crippen molar-refractivity contribution in [1.82, 2.24) is 0 Å². The first kappa shape index (κ1) is 40.2. The van der Waals surface area contributed by atoms with Crippen LogP contribution >= 0.6 is 0 Å². The maximum Gasteiger partial charge on any atom is 0.428 e. The molecule has 1 heterocycles. The Morgan fingerprint density at radius 2 is 0.591 bits per heavy atom. The van der Waals surface area contributed by atoms with Crippen LogP contribution in [0.15, 0.2) is 0 Å². The number of alkyl halides is 26. The maximum absolute atomic E-state index is 13.8. The van der Waals surface area contributed by atoms with Gasteiger partial charge in [0.2, 0.25) is 0 Å². The summed E-state index contributed by atoms with van der Waals surface area (Å²) in [7, 11) is 0. The van der Waals surface area contributed by atoms with E-state index >= 15 is 0 Å². The molecule has 0 spiro atoms. The highest BCUT2D eigenvalue weighted by Crippen LogP contribution is 2.68. The van der Waals surface area contributed by atoms with Gasteiger partial charge in [-0.1, -0.05) is 0 Å². The number of epoxide rings is 1. The lowest BCUT2D eigenvalue weighted by molar-refractivity contribution is -0.479. The van der Waals surface area contributed by atoms with Gasteiger partial charge in [-0.3, -0.25) is 0 Å². The number of ether oxygens (including phenoxy) is 1. The molecule has 0 saturated carbocycles. The van der Waals surface area contributed by atoms with E-state index < -0.39 is 103 Å². The molecule has 1 aliphatic heterocycles. The van der Waals surface area contributed by atoms with Gasteiger partial charge in [0.05, 0.1) is 12.7 Å². The van der Waals surface area contributed by atoms with Crippen LogP contribution in [0.2, 0.25) is 0 Å². The zero-order chi connectivity index (χ0) is 36.2. The number of hydrogen-bond donors (Lipinski definition) is 0. The minimum absolute atomic E-state index is 1.04.